The highest BCUT2D eigenvalue weighted by Gasteiger charge is 2.13. The summed E-state index contributed by atoms with van der Waals surface area (Å²) in [6.45, 7) is 1.61. The molecular weight excluding hydrogens is 257 g/mol. The maximum atomic E-state index is 13.1. The third kappa shape index (κ3) is 2.45. The van der Waals surface area contributed by atoms with Crippen molar-refractivity contribution < 1.29 is 23.1 Å². The lowest BCUT2D eigenvalue weighted by molar-refractivity contribution is 0.0696. The first kappa shape index (κ1) is 13.1. The third-order valence-electron chi connectivity index (χ3n) is 2.79. The molecule has 0 unspecified atom stereocenters. The number of carboxylic acid groups (broad SMARTS) is 1. The van der Waals surface area contributed by atoms with Crippen molar-refractivity contribution in [3.63, 3.8) is 0 Å². The normalized spacial score (nSPS) is 10.5. The molecule has 0 atom stereocenters. The van der Waals surface area contributed by atoms with E-state index in [9.17, 15) is 18.0 Å². The minimum absolute atomic E-state index is 0.0302. The monoisotopic (exact) mass is 266 g/mol. The molecule has 5 heteroatoms. The Morgan fingerprint density at radius 3 is 2.11 bits per heavy atom. The van der Waals surface area contributed by atoms with Crippen molar-refractivity contribution in [1.29, 1.82) is 0 Å². The van der Waals surface area contributed by atoms with E-state index in [0.29, 0.717) is 11.1 Å². The van der Waals surface area contributed by atoms with Crippen molar-refractivity contribution >= 4 is 5.97 Å². The topological polar surface area (TPSA) is 37.3 Å². The van der Waals surface area contributed by atoms with Crippen LogP contribution in [0.3, 0.4) is 0 Å². The quantitative estimate of drug-likeness (QED) is 0.840. The zero-order valence-corrected chi connectivity index (χ0v) is 9.88. The van der Waals surface area contributed by atoms with Crippen LogP contribution in [0.2, 0.25) is 0 Å². The molecule has 0 spiro atoms. The first-order chi connectivity index (χ1) is 8.90. The van der Waals surface area contributed by atoms with Gasteiger partial charge in [0.15, 0.2) is 17.5 Å². The first-order valence-electron chi connectivity index (χ1n) is 5.39. The largest absolute Gasteiger partial charge is 0.478 e. The molecule has 1 N–H and O–H groups in total. The highest BCUT2D eigenvalue weighted by molar-refractivity contribution is 5.91. The summed E-state index contributed by atoms with van der Waals surface area (Å²) in [5.74, 6) is -5.31. The molecule has 2 rings (SSSR count). The minimum Gasteiger partial charge on any atom is -0.478 e. The molecule has 2 nitrogen and oxygen atoms in total. The van der Waals surface area contributed by atoms with E-state index in [1.54, 1.807) is 6.92 Å². The second-order valence-corrected chi connectivity index (χ2v) is 4.09. The van der Waals surface area contributed by atoms with E-state index in [1.165, 1.54) is 18.2 Å². The Morgan fingerprint density at radius 1 is 1.00 bits per heavy atom. The summed E-state index contributed by atoms with van der Waals surface area (Å²) in [5, 5.41) is 8.98. The Labute approximate surface area is 107 Å². The molecule has 19 heavy (non-hydrogen) atoms. The van der Waals surface area contributed by atoms with E-state index >= 15 is 0 Å². The van der Waals surface area contributed by atoms with Crippen LogP contribution >= 0.6 is 0 Å². The van der Waals surface area contributed by atoms with Crippen LogP contribution < -0.4 is 0 Å². The minimum atomic E-state index is -1.55. The van der Waals surface area contributed by atoms with Crippen LogP contribution in [0.5, 0.6) is 0 Å². The summed E-state index contributed by atoms with van der Waals surface area (Å²) in [5.41, 5.74) is 0.946. The van der Waals surface area contributed by atoms with E-state index in [2.05, 4.69) is 0 Å². The number of aromatic carboxylic acids is 1. The standard InChI is InChI=1S/C14H9F3O2/c1-7-2-3-8(4-10(7)14(18)19)9-5-11(15)13(17)12(16)6-9/h2-6H,1H3,(H,18,19). The van der Waals surface area contributed by atoms with Gasteiger partial charge in [0, 0.05) is 0 Å². The van der Waals surface area contributed by atoms with Crippen LogP contribution in [0.4, 0.5) is 13.2 Å². The van der Waals surface area contributed by atoms with Crippen LogP contribution in [0.1, 0.15) is 15.9 Å². The number of carbonyl (C=O) groups is 1. The smallest absolute Gasteiger partial charge is 0.335 e. The molecule has 0 aliphatic heterocycles. The van der Waals surface area contributed by atoms with Crippen molar-refractivity contribution in [2.45, 2.75) is 6.92 Å². The first-order valence-corrected chi connectivity index (χ1v) is 5.39. The molecule has 0 aliphatic carbocycles. The second kappa shape index (κ2) is 4.76. The van der Waals surface area contributed by atoms with Crippen molar-refractivity contribution in [1.82, 2.24) is 0 Å². The van der Waals surface area contributed by atoms with Crippen LogP contribution in [0, 0.1) is 24.4 Å². The summed E-state index contributed by atoms with van der Waals surface area (Å²) in [4.78, 5) is 11.0. The molecule has 0 amide bonds. The fourth-order valence-electron chi connectivity index (χ4n) is 1.75. The molecular formula is C14H9F3O2. The Bertz CT molecular complexity index is 643. The average Bonchev–Trinajstić information content (AvgIpc) is 2.35. The zero-order chi connectivity index (χ0) is 14.2. The molecule has 0 aliphatic rings. The molecule has 2 aromatic rings. The summed E-state index contributed by atoms with van der Waals surface area (Å²) in [7, 11) is 0. The van der Waals surface area contributed by atoms with Crippen molar-refractivity contribution in [3.8, 4) is 11.1 Å². The molecule has 0 saturated carbocycles. The van der Waals surface area contributed by atoms with Gasteiger partial charge in [-0.25, -0.2) is 18.0 Å². The molecule has 98 valence electrons. The maximum Gasteiger partial charge on any atom is 0.335 e. The summed E-state index contributed by atoms with van der Waals surface area (Å²) < 4.78 is 39.1. The lowest BCUT2D eigenvalue weighted by Gasteiger charge is -2.07. The lowest BCUT2D eigenvalue weighted by Crippen LogP contribution is -2.00. The van der Waals surface area contributed by atoms with Gasteiger partial charge in [0.1, 0.15) is 0 Å². The maximum absolute atomic E-state index is 13.1. The van der Waals surface area contributed by atoms with E-state index in [0.717, 1.165) is 12.1 Å². The van der Waals surface area contributed by atoms with Gasteiger partial charge in [-0.3, -0.25) is 0 Å². The molecule has 0 aromatic heterocycles. The molecule has 0 radical (unpaired) electrons. The van der Waals surface area contributed by atoms with Gasteiger partial charge in [0.05, 0.1) is 5.56 Å². The van der Waals surface area contributed by atoms with Crippen LogP contribution in [0.15, 0.2) is 30.3 Å². The van der Waals surface area contributed by atoms with Gasteiger partial charge in [-0.15, -0.1) is 0 Å². The van der Waals surface area contributed by atoms with Crippen molar-refractivity contribution in [2.75, 3.05) is 0 Å². The molecule has 0 fully saturated rings. The van der Waals surface area contributed by atoms with Gasteiger partial charge in [-0.2, -0.15) is 0 Å². The van der Waals surface area contributed by atoms with Crippen LogP contribution in [0.25, 0.3) is 11.1 Å². The van der Waals surface area contributed by atoms with Gasteiger partial charge in [0.25, 0.3) is 0 Å². The Hall–Kier alpha value is -2.30. The number of hydrogen-bond donors (Lipinski definition) is 1. The molecule has 0 heterocycles. The van der Waals surface area contributed by atoms with E-state index in [4.69, 9.17) is 5.11 Å². The van der Waals surface area contributed by atoms with Crippen molar-refractivity contribution in [2.24, 2.45) is 0 Å². The number of hydrogen-bond acceptors (Lipinski definition) is 1. The number of aryl methyl sites for hydroxylation is 1. The summed E-state index contributed by atoms with van der Waals surface area (Å²) in [6, 6.07) is 6.00. The van der Waals surface area contributed by atoms with E-state index < -0.39 is 23.4 Å². The molecule has 2 aromatic carbocycles. The Kier molecular flexibility index (Phi) is 3.29. The SMILES string of the molecule is Cc1ccc(-c2cc(F)c(F)c(F)c2)cc1C(=O)O. The van der Waals surface area contributed by atoms with Crippen molar-refractivity contribution in [3.05, 3.63) is 58.9 Å². The predicted molar refractivity (Wildman–Crippen MR) is 63.4 cm³/mol. The highest BCUT2D eigenvalue weighted by Crippen LogP contribution is 2.25. The predicted octanol–water partition coefficient (Wildman–Crippen LogP) is 3.78. The third-order valence-corrected chi connectivity index (χ3v) is 2.79. The van der Waals surface area contributed by atoms with Crippen LogP contribution in [-0.4, -0.2) is 11.1 Å². The van der Waals surface area contributed by atoms with Crippen LogP contribution in [-0.2, 0) is 0 Å². The summed E-state index contributed by atoms with van der Waals surface area (Å²) >= 11 is 0. The number of rotatable bonds is 2. The molecule has 0 bridgehead atoms. The second-order valence-electron chi connectivity index (χ2n) is 4.09. The average molecular weight is 266 g/mol. The molecule has 0 saturated heterocycles. The number of carboxylic acids is 1. The zero-order valence-electron chi connectivity index (χ0n) is 9.88. The highest BCUT2D eigenvalue weighted by atomic mass is 19.2. The van der Waals surface area contributed by atoms with Gasteiger partial charge < -0.3 is 5.11 Å². The fraction of sp³-hybridized carbons (Fsp3) is 0.0714. The van der Waals surface area contributed by atoms with E-state index in [1.807, 2.05) is 0 Å². The van der Waals surface area contributed by atoms with Gasteiger partial charge >= 0.3 is 5.97 Å². The van der Waals surface area contributed by atoms with Gasteiger partial charge in [-0.1, -0.05) is 12.1 Å². The van der Waals surface area contributed by atoms with E-state index in [-0.39, 0.29) is 11.1 Å². The Balaban J connectivity index is 2.60. The number of benzene rings is 2. The lowest BCUT2D eigenvalue weighted by atomic mass is 9.99. The summed E-state index contributed by atoms with van der Waals surface area (Å²) in [6.07, 6.45) is 0. The van der Waals surface area contributed by atoms with Gasteiger partial charge in [-0.05, 0) is 41.8 Å². The fourth-order valence-corrected chi connectivity index (χ4v) is 1.75. The number of halogens is 3. The van der Waals surface area contributed by atoms with Gasteiger partial charge in [0.2, 0.25) is 0 Å². The Morgan fingerprint density at radius 2 is 1.58 bits per heavy atom.